The van der Waals surface area contributed by atoms with Crippen molar-refractivity contribution in [3.05, 3.63) is 46.8 Å². The summed E-state index contributed by atoms with van der Waals surface area (Å²) in [5.74, 6) is -1.45. The second-order valence-electron chi connectivity index (χ2n) is 11.1. The lowest BCUT2D eigenvalue weighted by molar-refractivity contribution is -0.137. The first kappa shape index (κ1) is 31.6. The Kier molecular flexibility index (Phi) is 8.60. The quantitative estimate of drug-likeness (QED) is 0.296. The molecule has 3 unspecified atom stereocenters. The average molecular weight is 640 g/mol. The van der Waals surface area contributed by atoms with Crippen molar-refractivity contribution in [2.45, 2.75) is 44.7 Å². The molecule has 2 aliphatic heterocycles. The van der Waals surface area contributed by atoms with Gasteiger partial charge in [0, 0.05) is 43.6 Å². The first-order chi connectivity index (χ1) is 20.7. The van der Waals surface area contributed by atoms with E-state index in [1.54, 1.807) is 16.8 Å². The van der Waals surface area contributed by atoms with Gasteiger partial charge >= 0.3 is 12.2 Å². The van der Waals surface area contributed by atoms with Crippen molar-refractivity contribution in [3.8, 4) is 17.3 Å². The first-order valence-electron chi connectivity index (χ1n) is 13.9. The van der Waals surface area contributed by atoms with E-state index >= 15 is 4.39 Å². The Labute approximate surface area is 255 Å². The molecule has 2 fully saturated rings. The molecule has 236 valence electrons. The molecule has 0 bridgehead atoms. The third-order valence-corrected chi connectivity index (χ3v) is 8.33. The molecule has 0 saturated carbocycles. The second kappa shape index (κ2) is 12.0. The van der Waals surface area contributed by atoms with Gasteiger partial charge in [-0.3, -0.25) is 9.69 Å². The fourth-order valence-electron chi connectivity index (χ4n) is 5.88. The number of amides is 1. The molecule has 1 amide bonds. The Morgan fingerprint density at radius 3 is 2.57 bits per heavy atom. The van der Waals surface area contributed by atoms with Crippen LogP contribution in [0.3, 0.4) is 0 Å². The number of hydrogen-bond donors (Lipinski definition) is 1. The Bertz CT molecular complexity index is 1620. The number of hydrogen-bond acceptors (Lipinski definition) is 8. The number of aromatic nitrogens is 3. The van der Waals surface area contributed by atoms with Gasteiger partial charge in [0.05, 0.1) is 21.8 Å². The number of alkyl halides is 4. The topological polar surface area (TPSA) is 101 Å². The zero-order chi connectivity index (χ0) is 32.1. The number of ether oxygens (including phenoxy) is 1. The smallest absolute Gasteiger partial charge is 0.418 e. The molecule has 0 radical (unpaired) electrons. The Hall–Kier alpha value is -3.78. The highest BCUT2D eigenvalue weighted by atomic mass is 35.5. The van der Waals surface area contributed by atoms with Crippen molar-refractivity contribution in [2.24, 2.45) is 0 Å². The van der Waals surface area contributed by atoms with Gasteiger partial charge in [-0.2, -0.15) is 23.1 Å². The Morgan fingerprint density at radius 2 is 1.95 bits per heavy atom. The number of rotatable bonds is 6. The summed E-state index contributed by atoms with van der Waals surface area (Å²) >= 11 is 6.52. The van der Waals surface area contributed by atoms with Crippen molar-refractivity contribution < 1.29 is 31.5 Å². The lowest BCUT2D eigenvalue weighted by atomic mass is 9.99. The number of nitrogens with zero attached hydrogens (tertiary/aromatic N) is 6. The zero-order valence-electron chi connectivity index (χ0n) is 24.3. The van der Waals surface area contributed by atoms with Gasteiger partial charge in [0.25, 0.3) is 0 Å². The molecular formula is C29H31ClF5N7O2. The molecule has 9 nitrogen and oxygen atoms in total. The third kappa shape index (κ3) is 5.96. The number of pyridine rings is 1. The molecule has 44 heavy (non-hydrogen) atoms. The van der Waals surface area contributed by atoms with Crippen molar-refractivity contribution in [1.29, 1.82) is 0 Å². The highest BCUT2D eigenvalue weighted by Gasteiger charge is 2.39. The number of anilines is 2. The maximum absolute atomic E-state index is 16.5. The molecule has 5 rings (SSSR count). The SMILES string of the molecule is C=CC(=O)N1CCN(c2nc(OCC3CC(F)CN3C)nc3c(F)c(-c4nc(N)cc(C)c4C(F)(F)F)c(Cl)cc23)C(C)C1. The van der Waals surface area contributed by atoms with E-state index in [0.29, 0.717) is 13.1 Å². The van der Waals surface area contributed by atoms with Gasteiger partial charge in [0.15, 0.2) is 5.82 Å². The normalized spacial score (nSPS) is 21.2. The van der Waals surface area contributed by atoms with E-state index in [-0.39, 0.29) is 83.2 Å². The van der Waals surface area contributed by atoms with Crippen LogP contribution in [-0.4, -0.2) is 88.7 Å². The molecule has 4 heterocycles. The van der Waals surface area contributed by atoms with Crippen LogP contribution in [0.2, 0.25) is 5.02 Å². The maximum atomic E-state index is 16.5. The van der Waals surface area contributed by atoms with Gasteiger partial charge < -0.3 is 20.3 Å². The van der Waals surface area contributed by atoms with E-state index in [9.17, 15) is 22.4 Å². The summed E-state index contributed by atoms with van der Waals surface area (Å²) in [6.07, 6.45) is -4.48. The van der Waals surface area contributed by atoms with Crippen LogP contribution < -0.4 is 15.4 Å². The van der Waals surface area contributed by atoms with Crippen LogP contribution in [0.5, 0.6) is 6.01 Å². The zero-order valence-corrected chi connectivity index (χ0v) is 25.0. The molecular weight excluding hydrogens is 609 g/mol. The molecule has 15 heteroatoms. The lowest BCUT2D eigenvalue weighted by Crippen LogP contribution is -2.53. The number of benzene rings is 1. The molecule has 1 aromatic carbocycles. The van der Waals surface area contributed by atoms with E-state index in [1.165, 1.54) is 19.1 Å². The van der Waals surface area contributed by atoms with Crippen molar-refractivity contribution in [1.82, 2.24) is 24.8 Å². The number of piperazine rings is 1. The highest BCUT2D eigenvalue weighted by Crippen LogP contribution is 2.44. The number of likely N-dealkylation sites (N-methyl/N-ethyl adjacent to an activating group) is 1. The summed E-state index contributed by atoms with van der Waals surface area (Å²) < 4.78 is 78.9. The second-order valence-corrected chi connectivity index (χ2v) is 11.5. The van der Waals surface area contributed by atoms with E-state index in [2.05, 4.69) is 21.5 Å². The van der Waals surface area contributed by atoms with Gasteiger partial charge in [0.1, 0.15) is 29.9 Å². The molecule has 2 saturated heterocycles. The third-order valence-electron chi connectivity index (χ3n) is 8.03. The van der Waals surface area contributed by atoms with E-state index in [0.717, 1.165) is 6.07 Å². The minimum Gasteiger partial charge on any atom is -0.462 e. The predicted molar refractivity (Wildman–Crippen MR) is 157 cm³/mol. The van der Waals surface area contributed by atoms with Crippen LogP contribution >= 0.6 is 11.6 Å². The van der Waals surface area contributed by atoms with E-state index in [4.69, 9.17) is 22.1 Å². The van der Waals surface area contributed by atoms with Crippen LogP contribution in [0.15, 0.2) is 24.8 Å². The number of nitrogens with two attached hydrogens (primary N) is 1. The predicted octanol–water partition coefficient (Wildman–Crippen LogP) is 5.04. The van der Waals surface area contributed by atoms with Gasteiger partial charge in [-0.05, 0) is 51.1 Å². The Morgan fingerprint density at radius 1 is 1.23 bits per heavy atom. The summed E-state index contributed by atoms with van der Waals surface area (Å²) in [5, 5.41) is -0.235. The first-order valence-corrected chi connectivity index (χ1v) is 14.3. The molecule has 0 spiro atoms. The molecule has 2 aliphatic rings. The van der Waals surface area contributed by atoms with Crippen LogP contribution in [0, 0.1) is 12.7 Å². The van der Waals surface area contributed by atoms with Crippen molar-refractivity contribution in [3.63, 3.8) is 0 Å². The van der Waals surface area contributed by atoms with E-state index < -0.39 is 35.0 Å². The monoisotopic (exact) mass is 639 g/mol. The number of carbonyl (C=O) groups excluding carboxylic acids is 1. The van der Waals surface area contributed by atoms with E-state index in [1.807, 2.05) is 11.8 Å². The molecule has 2 N–H and O–H groups in total. The lowest BCUT2D eigenvalue weighted by Gasteiger charge is -2.40. The number of nitrogen functional groups attached to an aromatic ring is 1. The van der Waals surface area contributed by atoms with Gasteiger partial charge in [-0.25, -0.2) is 13.8 Å². The number of fused-ring (bicyclic) bond motifs is 1. The molecule has 0 aliphatic carbocycles. The van der Waals surface area contributed by atoms with Crippen LogP contribution in [-0.2, 0) is 11.0 Å². The highest BCUT2D eigenvalue weighted by molar-refractivity contribution is 6.34. The molecule has 3 atom stereocenters. The summed E-state index contributed by atoms with van der Waals surface area (Å²) in [4.78, 5) is 30.1. The number of carbonyl (C=O) groups is 1. The fourth-order valence-corrected chi connectivity index (χ4v) is 6.16. The van der Waals surface area contributed by atoms with Crippen molar-refractivity contribution >= 4 is 40.0 Å². The standard InChI is InChI=1S/C29H31ClF5N7O2/c1-5-21(43)41-6-7-42(15(3)11-41)27-18-10-19(30)22(26-23(29(33,34)35)14(2)8-20(36)37-26)24(32)25(18)38-28(39-27)44-13-17-9-16(31)12-40(17)4/h5,8,10,15-17H,1,6-7,9,11-13H2,2-4H3,(H2,36,37). The average Bonchev–Trinajstić information content (AvgIpc) is 3.26. The van der Waals surface area contributed by atoms with Gasteiger partial charge in [-0.1, -0.05) is 18.2 Å². The van der Waals surface area contributed by atoms with Crippen LogP contribution in [0.1, 0.15) is 24.5 Å². The van der Waals surface area contributed by atoms with Crippen molar-refractivity contribution in [2.75, 3.05) is 50.5 Å². The summed E-state index contributed by atoms with van der Waals surface area (Å²) in [6.45, 7) is 7.68. The summed E-state index contributed by atoms with van der Waals surface area (Å²) in [6, 6.07) is 1.48. The van der Waals surface area contributed by atoms with Crippen LogP contribution in [0.4, 0.5) is 33.6 Å². The molecule has 2 aromatic heterocycles. The largest absolute Gasteiger partial charge is 0.462 e. The number of halogens is 6. The minimum atomic E-state index is -4.89. The summed E-state index contributed by atoms with van der Waals surface area (Å²) in [5.41, 5.74) is 2.61. The number of aryl methyl sites for hydroxylation is 1. The summed E-state index contributed by atoms with van der Waals surface area (Å²) in [7, 11) is 1.75. The Balaban J connectivity index is 1.67. The molecule has 3 aromatic rings. The van der Waals surface area contributed by atoms with Gasteiger partial charge in [0.2, 0.25) is 5.91 Å². The van der Waals surface area contributed by atoms with Crippen LogP contribution in [0.25, 0.3) is 22.2 Å². The fraction of sp³-hybridized carbons (Fsp3) is 0.448. The van der Waals surface area contributed by atoms with Gasteiger partial charge in [-0.15, -0.1) is 0 Å². The maximum Gasteiger partial charge on any atom is 0.418 e. The minimum absolute atomic E-state index is 0.00467. The number of likely N-dealkylation sites (tertiary alicyclic amines) is 1.